The van der Waals surface area contributed by atoms with Gasteiger partial charge in [-0.2, -0.15) is 0 Å². The SMILES string of the molecule is CCCC(OC)C(N)CC1CCOCC1. The molecule has 0 aliphatic carbocycles. The zero-order chi connectivity index (χ0) is 11.1. The van der Waals surface area contributed by atoms with E-state index in [0.717, 1.165) is 51.2 Å². The molecule has 0 saturated carbocycles. The predicted molar refractivity (Wildman–Crippen MR) is 61.8 cm³/mol. The molecule has 2 atom stereocenters. The lowest BCUT2D eigenvalue weighted by Gasteiger charge is -2.28. The number of rotatable bonds is 6. The fraction of sp³-hybridized carbons (Fsp3) is 1.00. The lowest BCUT2D eigenvalue weighted by Crippen LogP contribution is -2.38. The van der Waals surface area contributed by atoms with Gasteiger partial charge in [0.2, 0.25) is 0 Å². The van der Waals surface area contributed by atoms with E-state index in [1.807, 2.05) is 0 Å². The Hall–Kier alpha value is -0.120. The lowest BCUT2D eigenvalue weighted by molar-refractivity contribution is 0.0375. The smallest absolute Gasteiger partial charge is 0.0722 e. The summed E-state index contributed by atoms with van der Waals surface area (Å²) in [4.78, 5) is 0. The molecule has 1 heterocycles. The van der Waals surface area contributed by atoms with Crippen molar-refractivity contribution in [3.63, 3.8) is 0 Å². The summed E-state index contributed by atoms with van der Waals surface area (Å²) in [6, 6.07) is 0.193. The lowest BCUT2D eigenvalue weighted by atomic mass is 9.90. The van der Waals surface area contributed by atoms with Gasteiger partial charge >= 0.3 is 0 Å². The summed E-state index contributed by atoms with van der Waals surface area (Å²) in [5, 5.41) is 0. The molecule has 0 aromatic heterocycles. The van der Waals surface area contributed by atoms with E-state index in [1.54, 1.807) is 7.11 Å². The van der Waals surface area contributed by atoms with Crippen LogP contribution >= 0.6 is 0 Å². The van der Waals surface area contributed by atoms with E-state index < -0.39 is 0 Å². The highest BCUT2D eigenvalue weighted by Crippen LogP contribution is 2.22. The van der Waals surface area contributed by atoms with Gasteiger partial charge < -0.3 is 15.2 Å². The van der Waals surface area contributed by atoms with E-state index in [2.05, 4.69) is 6.92 Å². The van der Waals surface area contributed by atoms with Gasteiger partial charge in [-0.25, -0.2) is 0 Å². The maximum absolute atomic E-state index is 6.18. The average Bonchev–Trinajstić information content (AvgIpc) is 2.27. The number of methoxy groups -OCH3 is 1. The molecule has 0 aromatic rings. The minimum Gasteiger partial charge on any atom is -0.381 e. The normalized spacial score (nSPS) is 22.6. The molecule has 1 rings (SSSR count). The Bertz CT molecular complexity index is 158. The highest BCUT2D eigenvalue weighted by atomic mass is 16.5. The second-order valence-electron chi connectivity index (χ2n) is 4.52. The summed E-state index contributed by atoms with van der Waals surface area (Å²) >= 11 is 0. The fourth-order valence-electron chi connectivity index (χ4n) is 2.31. The zero-order valence-electron chi connectivity index (χ0n) is 10.1. The molecule has 0 bridgehead atoms. The molecule has 3 nitrogen and oxygen atoms in total. The summed E-state index contributed by atoms with van der Waals surface area (Å²) in [6.07, 6.45) is 5.85. The maximum Gasteiger partial charge on any atom is 0.0722 e. The van der Waals surface area contributed by atoms with E-state index in [1.165, 1.54) is 0 Å². The monoisotopic (exact) mass is 215 g/mol. The van der Waals surface area contributed by atoms with Gasteiger partial charge in [0.15, 0.2) is 0 Å². The summed E-state index contributed by atoms with van der Waals surface area (Å²) in [7, 11) is 1.77. The van der Waals surface area contributed by atoms with Crippen LogP contribution in [0.3, 0.4) is 0 Å². The number of ether oxygens (including phenoxy) is 2. The molecule has 1 fully saturated rings. The molecular weight excluding hydrogens is 190 g/mol. The van der Waals surface area contributed by atoms with Crippen molar-refractivity contribution < 1.29 is 9.47 Å². The van der Waals surface area contributed by atoms with Crippen LogP contribution < -0.4 is 5.73 Å². The molecule has 1 aliphatic heterocycles. The van der Waals surface area contributed by atoms with Crippen LogP contribution in [0.1, 0.15) is 39.0 Å². The molecule has 90 valence electrons. The van der Waals surface area contributed by atoms with Crippen LogP contribution in [0.15, 0.2) is 0 Å². The summed E-state index contributed by atoms with van der Waals surface area (Å²) in [5.41, 5.74) is 6.18. The fourth-order valence-corrected chi connectivity index (χ4v) is 2.31. The van der Waals surface area contributed by atoms with Gasteiger partial charge in [0.25, 0.3) is 0 Å². The van der Waals surface area contributed by atoms with Crippen molar-refractivity contribution >= 4 is 0 Å². The first kappa shape index (κ1) is 12.9. The van der Waals surface area contributed by atoms with Crippen molar-refractivity contribution in [2.24, 2.45) is 11.7 Å². The van der Waals surface area contributed by atoms with Crippen molar-refractivity contribution in [2.75, 3.05) is 20.3 Å². The molecule has 0 spiro atoms. The van der Waals surface area contributed by atoms with Crippen molar-refractivity contribution in [1.82, 2.24) is 0 Å². The van der Waals surface area contributed by atoms with Gasteiger partial charge in [0.1, 0.15) is 0 Å². The Morgan fingerprint density at radius 1 is 1.40 bits per heavy atom. The van der Waals surface area contributed by atoms with Crippen LogP contribution in [0.25, 0.3) is 0 Å². The summed E-state index contributed by atoms with van der Waals surface area (Å²) < 4.78 is 10.8. The Morgan fingerprint density at radius 3 is 2.60 bits per heavy atom. The molecule has 1 aliphatic rings. The van der Waals surface area contributed by atoms with E-state index in [9.17, 15) is 0 Å². The Kier molecular flexibility index (Phi) is 6.22. The van der Waals surface area contributed by atoms with Crippen molar-refractivity contribution in [1.29, 1.82) is 0 Å². The van der Waals surface area contributed by atoms with E-state index in [0.29, 0.717) is 0 Å². The second-order valence-corrected chi connectivity index (χ2v) is 4.52. The zero-order valence-corrected chi connectivity index (χ0v) is 10.1. The molecule has 3 heteroatoms. The van der Waals surface area contributed by atoms with Crippen LogP contribution in [0.5, 0.6) is 0 Å². The van der Waals surface area contributed by atoms with Crippen LogP contribution in [0, 0.1) is 5.92 Å². The Balaban J connectivity index is 2.27. The van der Waals surface area contributed by atoms with Gasteiger partial charge in [-0.1, -0.05) is 13.3 Å². The number of hydrogen-bond donors (Lipinski definition) is 1. The van der Waals surface area contributed by atoms with Crippen LogP contribution in [-0.2, 0) is 9.47 Å². The van der Waals surface area contributed by atoms with Gasteiger partial charge in [0.05, 0.1) is 6.10 Å². The quantitative estimate of drug-likeness (QED) is 0.736. The standard InChI is InChI=1S/C12H25NO2/c1-3-4-12(14-2)11(13)9-10-5-7-15-8-6-10/h10-12H,3-9,13H2,1-2H3. The average molecular weight is 215 g/mol. The third kappa shape index (κ3) is 4.49. The largest absolute Gasteiger partial charge is 0.381 e. The van der Waals surface area contributed by atoms with Crippen molar-refractivity contribution in [3.05, 3.63) is 0 Å². The first-order valence-electron chi connectivity index (χ1n) is 6.14. The number of nitrogens with two attached hydrogens (primary N) is 1. The molecule has 15 heavy (non-hydrogen) atoms. The van der Waals surface area contributed by atoms with Gasteiger partial charge in [-0.15, -0.1) is 0 Å². The minimum atomic E-state index is 0.193. The molecule has 0 aromatic carbocycles. The Morgan fingerprint density at radius 2 is 2.07 bits per heavy atom. The molecular formula is C12H25NO2. The van der Waals surface area contributed by atoms with Gasteiger partial charge in [-0.3, -0.25) is 0 Å². The molecule has 1 saturated heterocycles. The number of hydrogen-bond acceptors (Lipinski definition) is 3. The van der Waals surface area contributed by atoms with Gasteiger partial charge in [0, 0.05) is 26.4 Å². The third-order valence-corrected chi connectivity index (χ3v) is 3.30. The van der Waals surface area contributed by atoms with E-state index >= 15 is 0 Å². The predicted octanol–water partition coefficient (Wildman–Crippen LogP) is 1.95. The van der Waals surface area contributed by atoms with E-state index in [4.69, 9.17) is 15.2 Å². The van der Waals surface area contributed by atoms with Crippen LogP contribution in [0.4, 0.5) is 0 Å². The van der Waals surface area contributed by atoms with Crippen LogP contribution in [0.2, 0.25) is 0 Å². The van der Waals surface area contributed by atoms with Gasteiger partial charge in [-0.05, 0) is 31.6 Å². The topological polar surface area (TPSA) is 44.5 Å². The molecule has 2 unspecified atom stereocenters. The highest BCUT2D eigenvalue weighted by molar-refractivity contribution is 4.77. The summed E-state index contributed by atoms with van der Waals surface area (Å²) in [5.74, 6) is 0.739. The highest BCUT2D eigenvalue weighted by Gasteiger charge is 2.22. The second kappa shape index (κ2) is 7.20. The summed E-state index contributed by atoms with van der Waals surface area (Å²) in [6.45, 7) is 3.98. The first-order valence-corrected chi connectivity index (χ1v) is 6.14. The minimum absolute atomic E-state index is 0.193. The first-order chi connectivity index (χ1) is 7.27. The van der Waals surface area contributed by atoms with Crippen LogP contribution in [-0.4, -0.2) is 32.5 Å². The third-order valence-electron chi connectivity index (χ3n) is 3.30. The maximum atomic E-state index is 6.18. The van der Waals surface area contributed by atoms with Crippen molar-refractivity contribution in [2.45, 2.75) is 51.2 Å². The molecule has 2 N–H and O–H groups in total. The Labute approximate surface area is 93.3 Å². The molecule has 0 radical (unpaired) electrons. The molecule has 0 amide bonds. The van der Waals surface area contributed by atoms with E-state index in [-0.39, 0.29) is 12.1 Å². The van der Waals surface area contributed by atoms with Crippen molar-refractivity contribution in [3.8, 4) is 0 Å².